The van der Waals surface area contributed by atoms with Gasteiger partial charge in [0.25, 0.3) is 0 Å². The summed E-state index contributed by atoms with van der Waals surface area (Å²) in [7, 11) is 0. The van der Waals surface area contributed by atoms with Crippen LogP contribution in [0.2, 0.25) is 5.28 Å². The molecule has 1 aromatic carbocycles. The molecule has 138 valence electrons. The number of carbonyl (C=O) groups is 1. The normalized spacial score (nSPS) is 14.5. The lowest BCUT2D eigenvalue weighted by Crippen LogP contribution is -2.37. The monoisotopic (exact) mass is 382 g/mol. The van der Waals surface area contributed by atoms with Crippen LogP contribution in [0.25, 0.3) is 22.2 Å². The smallest absolute Gasteiger partial charge is 0.225 e. The highest BCUT2D eigenvalue weighted by molar-refractivity contribution is 6.28. The lowest BCUT2D eigenvalue weighted by molar-refractivity contribution is -0.116. The van der Waals surface area contributed by atoms with Crippen LogP contribution in [0.1, 0.15) is 12.5 Å². The number of aromatic nitrogens is 3. The largest absolute Gasteiger partial charge is 0.378 e. The van der Waals surface area contributed by atoms with E-state index in [-0.39, 0.29) is 11.1 Å². The van der Waals surface area contributed by atoms with E-state index in [9.17, 15) is 4.79 Å². The maximum atomic E-state index is 11.4. The predicted octanol–water partition coefficient (Wildman–Crippen LogP) is 3.31. The van der Waals surface area contributed by atoms with E-state index < -0.39 is 0 Å². The molecule has 0 radical (unpaired) electrons. The van der Waals surface area contributed by atoms with Crippen LogP contribution >= 0.6 is 11.6 Å². The first-order chi connectivity index (χ1) is 13.1. The lowest BCUT2D eigenvalue weighted by atomic mass is 10.0. The molecule has 0 spiro atoms. The van der Waals surface area contributed by atoms with Gasteiger partial charge in [0.1, 0.15) is 11.3 Å². The van der Waals surface area contributed by atoms with Crippen LogP contribution in [-0.4, -0.2) is 47.0 Å². The molecule has 1 aliphatic rings. The molecule has 0 atom stereocenters. The number of halogens is 1. The number of benzene rings is 1. The molecule has 1 saturated heterocycles. The third-order valence-corrected chi connectivity index (χ3v) is 4.68. The standard InChI is InChI=1S/C20H19ClN4O2/c1-13(26)9-14-3-2-4-15(10-14)16-11-17-18(22-12-16)19(24-20(21)23-17)25-5-7-27-8-6-25/h2-4,10-12H,5-9H2,1H3. The number of morpholine rings is 1. The van der Waals surface area contributed by atoms with Gasteiger partial charge in [0.2, 0.25) is 5.28 Å². The fourth-order valence-electron chi connectivity index (χ4n) is 3.28. The summed E-state index contributed by atoms with van der Waals surface area (Å²) < 4.78 is 5.42. The van der Waals surface area contributed by atoms with Crippen LogP contribution in [0.5, 0.6) is 0 Å². The van der Waals surface area contributed by atoms with E-state index in [4.69, 9.17) is 16.3 Å². The Morgan fingerprint density at radius 2 is 2.00 bits per heavy atom. The van der Waals surface area contributed by atoms with Crippen molar-refractivity contribution < 1.29 is 9.53 Å². The third kappa shape index (κ3) is 3.91. The molecule has 3 aromatic rings. The number of ketones is 1. The minimum absolute atomic E-state index is 0.137. The Hall–Kier alpha value is -2.57. The molecule has 7 heteroatoms. The van der Waals surface area contributed by atoms with Crippen LogP contribution in [0.4, 0.5) is 5.82 Å². The molecule has 2 aromatic heterocycles. The summed E-state index contributed by atoms with van der Waals surface area (Å²) in [5.74, 6) is 0.878. The molecule has 0 aliphatic carbocycles. The SMILES string of the molecule is CC(=O)Cc1cccc(-c2cnc3c(N4CCOCC4)nc(Cl)nc3c2)c1. The Bertz CT molecular complexity index is 1000. The Morgan fingerprint density at radius 1 is 1.19 bits per heavy atom. The molecule has 0 saturated carbocycles. The topological polar surface area (TPSA) is 68.2 Å². The molecular formula is C20H19ClN4O2. The average Bonchev–Trinajstić information content (AvgIpc) is 2.67. The average molecular weight is 383 g/mol. The second-order valence-corrected chi connectivity index (χ2v) is 6.92. The van der Waals surface area contributed by atoms with E-state index in [2.05, 4.69) is 19.9 Å². The Morgan fingerprint density at radius 3 is 2.78 bits per heavy atom. The van der Waals surface area contributed by atoms with Crippen LogP contribution in [-0.2, 0) is 16.0 Å². The number of pyridine rings is 1. The summed E-state index contributed by atoms with van der Waals surface area (Å²) in [6.07, 6.45) is 2.24. The number of anilines is 1. The van der Waals surface area contributed by atoms with Crippen molar-refractivity contribution in [2.24, 2.45) is 0 Å². The van der Waals surface area contributed by atoms with Gasteiger partial charge in [-0.15, -0.1) is 0 Å². The number of nitrogens with zero attached hydrogens (tertiary/aromatic N) is 4. The molecule has 6 nitrogen and oxygen atoms in total. The highest BCUT2D eigenvalue weighted by atomic mass is 35.5. The number of carbonyl (C=O) groups excluding carboxylic acids is 1. The van der Waals surface area contributed by atoms with E-state index in [1.165, 1.54) is 0 Å². The van der Waals surface area contributed by atoms with Crippen molar-refractivity contribution in [3.63, 3.8) is 0 Å². The molecule has 3 heterocycles. The van der Waals surface area contributed by atoms with Gasteiger partial charge in [-0.1, -0.05) is 24.3 Å². The Kier molecular flexibility index (Phi) is 5.01. The summed E-state index contributed by atoms with van der Waals surface area (Å²) in [4.78, 5) is 26.9. The highest BCUT2D eigenvalue weighted by Crippen LogP contribution is 2.28. The zero-order chi connectivity index (χ0) is 18.8. The number of rotatable bonds is 4. The first kappa shape index (κ1) is 17.8. The fourth-order valence-corrected chi connectivity index (χ4v) is 3.45. The van der Waals surface area contributed by atoms with Gasteiger partial charge in [0.15, 0.2) is 5.82 Å². The second-order valence-electron chi connectivity index (χ2n) is 6.59. The third-order valence-electron chi connectivity index (χ3n) is 4.51. The molecule has 27 heavy (non-hydrogen) atoms. The van der Waals surface area contributed by atoms with E-state index in [1.54, 1.807) is 6.92 Å². The van der Waals surface area contributed by atoms with Gasteiger partial charge < -0.3 is 9.64 Å². The first-order valence-electron chi connectivity index (χ1n) is 8.85. The summed E-state index contributed by atoms with van der Waals surface area (Å²) >= 11 is 6.18. The Balaban J connectivity index is 1.75. The van der Waals surface area contributed by atoms with Crippen LogP contribution < -0.4 is 4.90 Å². The van der Waals surface area contributed by atoms with Crippen molar-refractivity contribution in [1.29, 1.82) is 0 Å². The molecule has 1 fully saturated rings. The zero-order valence-electron chi connectivity index (χ0n) is 15.0. The molecule has 0 unspecified atom stereocenters. The summed E-state index contributed by atoms with van der Waals surface area (Å²) in [5.41, 5.74) is 4.33. The Labute approximate surface area is 162 Å². The summed E-state index contributed by atoms with van der Waals surface area (Å²) in [5, 5.41) is 0.202. The van der Waals surface area contributed by atoms with Gasteiger partial charge in [-0.3, -0.25) is 9.78 Å². The van der Waals surface area contributed by atoms with Crippen molar-refractivity contribution in [1.82, 2.24) is 15.0 Å². The van der Waals surface area contributed by atoms with Gasteiger partial charge in [-0.05, 0) is 35.7 Å². The van der Waals surface area contributed by atoms with Crippen molar-refractivity contribution in [2.75, 3.05) is 31.2 Å². The summed E-state index contributed by atoms with van der Waals surface area (Å²) in [6, 6.07) is 9.87. The first-order valence-corrected chi connectivity index (χ1v) is 9.23. The molecule has 0 amide bonds. The van der Waals surface area contributed by atoms with Gasteiger partial charge in [-0.2, -0.15) is 4.98 Å². The van der Waals surface area contributed by atoms with Crippen molar-refractivity contribution in [3.05, 3.63) is 47.4 Å². The highest BCUT2D eigenvalue weighted by Gasteiger charge is 2.18. The maximum absolute atomic E-state index is 11.4. The summed E-state index contributed by atoms with van der Waals surface area (Å²) in [6.45, 7) is 4.41. The molecule has 0 bridgehead atoms. The molecule has 4 rings (SSSR count). The molecular weight excluding hydrogens is 364 g/mol. The van der Waals surface area contributed by atoms with Gasteiger partial charge in [0, 0.05) is 31.3 Å². The van der Waals surface area contributed by atoms with Crippen LogP contribution in [0.15, 0.2) is 36.5 Å². The zero-order valence-corrected chi connectivity index (χ0v) is 15.7. The van der Waals surface area contributed by atoms with Crippen molar-refractivity contribution >= 4 is 34.2 Å². The number of fused-ring (bicyclic) bond motifs is 1. The number of hydrogen-bond acceptors (Lipinski definition) is 6. The van der Waals surface area contributed by atoms with Crippen molar-refractivity contribution in [3.8, 4) is 11.1 Å². The van der Waals surface area contributed by atoms with Crippen molar-refractivity contribution in [2.45, 2.75) is 13.3 Å². The second kappa shape index (κ2) is 7.58. The van der Waals surface area contributed by atoms with E-state index in [1.807, 2.05) is 36.5 Å². The van der Waals surface area contributed by atoms with E-state index >= 15 is 0 Å². The quantitative estimate of drug-likeness (QED) is 0.645. The molecule has 1 aliphatic heterocycles. The van der Waals surface area contributed by atoms with E-state index in [0.717, 1.165) is 41.1 Å². The number of ether oxygens (including phenoxy) is 1. The van der Waals surface area contributed by atoms with Crippen LogP contribution in [0.3, 0.4) is 0 Å². The van der Waals surface area contributed by atoms with E-state index in [0.29, 0.717) is 25.2 Å². The fraction of sp³-hybridized carbons (Fsp3) is 0.300. The maximum Gasteiger partial charge on any atom is 0.225 e. The van der Waals surface area contributed by atoms with Gasteiger partial charge in [-0.25, -0.2) is 4.98 Å². The van der Waals surface area contributed by atoms with Crippen LogP contribution in [0, 0.1) is 0 Å². The minimum atomic E-state index is 0.137. The minimum Gasteiger partial charge on any atom is -0.378 e. The van der Waals surface area contributed by atoms with Gasteiger partial charge in [0.05, 0.1) is 18.7 Å². The lowest BCUT2D eigenvalue weighted by Gasteiger charge is -2.28. The predicted molar refractivity (Wildman–Crippen MR) is 105 cm³/mol. The number of Topliss-reactive ketones (excluding diaryl/α,β-unsaturated/α-hetero) is 1. The number of hydrogen-bond donors (Lipinski definition) is 0. The molecule has 0 N–H and O–H groups in total. The van der Waals surface area contributed by atoms with Gasteiger partial charge >= 0.3 is 0 Å².